The summed E-state index contributed by atoms with van der Waals surface area (Å²) < 4.78 is 5.50. The van der Waals surface area contributed by atoms with Crippen molar-refractivity contribution in [2.24, 2.45) is 0 Å². The first-order valence-electron chi connectivity index (χ1n) is 7.90. The standard InChI is InChI=1S/C18H24N2O/c1-2-19-12-15-5-3-6-16(11-15)13-20(17-8-9-17)14-18-7-4-10-21-18/h3-7,10-11,17,19H,2,8-9,12-14H2,1H3. The fraction of sp³-hybridized carbons (Fsp3) is 0.444. The number of benzene rings is 1. The Morgan fingerprint density at radius 2 is 2.00 bits per heavy atom. The molecular formula is C18H24N2O. The van der Waals surface area contributed by atoms with Gasteiger partial charge in [-0.25, -0.2) is 0 Å². The molecule has 0 bridgehead atoms. The average Bonchev–Trinajstić information content (AvgIpc) is 3.23. The zero-order valence-corrected chi connectivity index (χ0v) is 12.7. The highest BCUT2D eigenvalue weighted by molar-refractivity contribution is 5.23. The van der Waals surface area contributed by atoms with Crippen molar-refractivity contribution in [1.29, 1.82) is 0 Å². The molecule has 1 aliphatic rings. The first kappa shape index (κ1) is 14.4. The quantitative estimate of drug-likeness (QED) is 0.803. The molecule has 0 amide bonds. The van der Waals surface area contributed by atoms with Gasteiger partial charge >= 0.3 is 0 Å². The van der Waals surface area contributed by atoms with Crippen molar-refractivity contribution in [3.05, 3.63) is 59.5 Å². The summed E-state index contributed by atoms with van der Waals surface area (Å²) in [6.45, 7) is 6.02. The Balaban J connectivity index is 1.65. The molecule has 0 aliphatic heterocycles. The second kappa shape index (κ2) is 6.92. The van der Waals surface area contributed by atoms with E-state index in [1.54, 1.807) is 6.26 Å². The van der Waals surface area contributed by atoms with Gasteiger partial charge in [0.2, 0.25) is 0 Å². The smallest absolute Gasteiger partial charge is 0.117 e. The van der Waals surface area contributed by atoms with E-state index in [1.165, 1.54) is 24.0 Å². The highest BCUT2D eigenvalue weighted by Crippen LogP contribution is 2.30. The van der Waals surface area contributed by atoms with Crippen LogP contribution in [0.25, 0.3) is 0 Å². The maximum atomic E-state index is 5.50. The lowest BCUT2D eigenvalue weighted by atomic mass is 10.1. The first-order chi connectivity index (χ1) is 10.3. The summed E-state index contributed by atoms with van der Waals surface area (Å²) in [5.74, 6) is 1.06. The van der Waals surface area contributed by atoms with Crippen molar-refractivity contribution < 1.29 is 4.42 Å². The van der Waals surface area contributed by atoms with Crippen LogP contribution in [0.4, 0.5) is 0 Å². The Kier molecular flexibility index (Phi) is 4.73. The van der Waals surface area contributed by atoms with Crippen LogP contribution in [0.5, 0.6) is 0 Å². The molecule has 1 aliphatic carbocycles. The Morgan fingerprint density at radius 3 is 2.71 bits per heavy atom. The molecule has 0 unspecified atom stereocenters. The van der Waals surface area contributed by atoms with Crippen molar-refractivity contribution >= 4 is 0 Å². The van der Waals surface area contributed by atoms with Crippen LogP contribution in [0.2, 0.25) is 0 Å². The van der Waals surface area contributed by atoms with Crippen molar-refractivity contribution in [3.8, 4) is 0 Å². The third-order valence-corrected chi connectivity index (χ3v) is 3.96. The molecule has 3 heteroatoms. The number of nitrogens with one attached hydrogen (secondary N) is 1. The lowest BCUT2D eigenvalue weighted by molar-refractivity contribution is 0.225. The van der Waals surface area contributed by atoms with Crippen LogP contribution in [0, 0.1) is 0 Å². The molecular weight excluding hydrogens is 260 g/mol. The highest BCUT2D eigenvalue weighted by Gasteiger charge is 2.29. The molecule has 3 nitrogen and oxygen atoms in total. The summed E-state index contributed by atoms with van der Waals surface area (Å²) in [6.07, 6.45) is 4.40. The van der Waals surface area contributed by atoms with Crippen molar-refractivity contribution in [1.82, 2.24) is 10.2 Å². The van der Waals surface area contributed by atoms with E-state index >= 15 is 0 Å². The number of hydrogen-bond acceptors (Lipinski definition) is 3. The molecule has 1 fully saturated rings. The Hall–Kier alpha value is -1.58. The lowest BCUT2D eigenvalue weighted by Crippen LogP contribution is -2.25. The monoisotopic (exact) mass is 284 g/mol. The van der Waals surface area contributed by atoms with E-state index in [2.05, 4.69) is 47.5 Å². The zero-order chi connectivity index (χ0) is 14.5. The van der Waals surface area contributed by atoms with Gasteiger partial charge in [0.15, 0.2) is 0 Å². The largest absolute Gasteiger partial charge is 0.468 e. The van der Waals surface area contributed by atoms with Gasteiger partial charge in [-0.15, -0.1) is 0 Å². The third-order valence-electron chi connectivity index (χ3n) is 3.96. The number of rotatable bonds is 8. The molecule has 112 valence electrons. The van der Waals surface area contributed by atoms with Gasteiger partial charge < -0.3 is 9.73 Å². The predicted octanol–water partition coefficient (Wildman–Crippen LogP) is 3.55. The van der Waals surface area contributed by atoms with Gasteiger partial charge in [0.25, 0.3) is 0 Å². The van der Waals surface area contributed by atoms with Gasteiger partial charge in [-0.1, -0.05) is 31.2 Å². The van der Waals surface area contributed by atoms with Crippen molar-refractivity contribution in [2.45, 2.75) is 45.4 Å². The summed E-state index contributed by atoms with van der Waals surface area (Å²) in [5, 5.41) is 3.39. The highest BCUT2D eigenvalue weighted by atomic mass is 16.3. The van der Waals surface area contributed by atoms with E-state index in [1.807, 2.05) is 6.07 Å². The molecule has 1 heterocycles. The molecule has 21 heavy (non-hydrogen) atoms. The lowest BCUT2D eigenvalue weighted by Gasteiger charge is -2.21. The molecule has 0 atom stereocenters. The second-order valence-corrected chi connectivity index (χ2v) is 5.82. The zero-order valence-electron chi connectivity index (χ0n) is 12.7. The number of nitrogens with zero attached hydrogens (tertiary/aromatic N) is 1. The van der Waals surface area contributed by atoms with Gasteiger partial charge in [-0.05, 0) is 42.6 Å². The van der Waals surface area contributed by atoms with Crippen LogP contribution < -0.4 is 5.32 Å². The molecule has 0 saturated heterocycles. The van der Waals surface area contributed by atoms with E-state index in [-0.39, 0.29) is 0 Å². The molecule has 2 aromatic rings. The van der Waals surface area contributed by atoms with Gasteiger partial charge in [-0.3, -0.25) is 4.90 Å². The summed E-state index contributed by atoms with van der Waals surface area (Å²) >= 11 is 0. The minimum Gasteiger partial charge on any atom is -0.468 e. The molecule has 0 spiro atoms. The average molecular weight is 284 g/mol. The Labute approximate surface area is 127 Å². The summed E-state index contributed by atoms with van der Waals surface area (Å²) in [4.78, 5) is 2.53. The van der Waals surface area contributed by atoms with Crippen LogP contribution >= 0.6 is 0 Å². The Morgan fingerprint density at radius 1 is 1.14 bits per heavy atom. The van der Waals surface area contributed by atoms with Crippen LogP contribution in [-0.2, 0) is 19.6 Å². The van der Waals surface area contributed by atoms with E-state index in [4.69, 9.17) is 4.42 Å². The molecule has 1 N–H and O–H groups in total. The number of hydrogen-bond donors (Lipinski definition) is 1. The molecule has 1 aromatic heterocycles. The maximum Gasteiger partial charge on any atom is 0.117 e. The summed E-state index contributed by atoms with van der Waals surface area (Å²) in [6, 6.07) is 13.7. The topological polar surface area (TPSA) is 28.4 Å². The van der Waals surface area contributed by atoms with E-state index in [9.17, 15) is 0 Å². The van der Waals surface area contributed by atoms with E-state index in [0.717, 1.165) is 38.0 Å². The van der Waals surface area contributed by atoms with Crippen LogP contribution in [0.15, 0.2) is 47.1 Å². The van der Waals surface area contributed by atoms with Crippen LogP contribution in [-0.4, -0.2) is 17.5 Å². The fourth-order valence-corrected chi connectivity index (χ4v) is 2.70. The van der Waals surface area contributed by atoms with E-state index < -0.39 is 0 Å². The number of furan rings is 1. The van der Waals surface area contributed by atoms with Gasteiger partial charge in [0, 0.05) is 19.1 Å². The minimum absolute atomic E-state index is 0.729. The third kappa shape index (κ3) is 4.19. The van der Waals surface area contributed by atoms with Crippen LogP contribution in [0.3, 0.4) is 0 Å². The molecule has 3 rings (SSSR count). The SMILES string of the molecule is CCNCc1cccc(CN(Cc2ccco2)C2CC2)c1. The van der Waals surface area contributed by atoms with Gasteiger partial charge in [0.1, 0.15) is 5.76 Å². The van der Waals surface area contributed by atoms with Gasteiger partial charge in [-0.2, -0.15) is 0 Å². The first-order valence-corrected chi connectivity index (χ1v) is 7.90. The molecule has 1 aromatic carbocycles. The molecule has 1 saturated carbocycles. The normalized spacial score (nSPS) is 14.8. The second-order valence-electron chi connectivity index (χ2n) is 5.82. The van der Waals surface area contributed by atoms with Crippen LogP contribution in [0.1, 0.15) is 36.7 Å². The fourth-order valence-electron chi connectivity index (χ4n) is 2.70. The van der Waals surface area contributed by atoms with Gasteiger partial charge in [0.05, 0.1) is 12.8 Å². The summed E-state index contributed by atoms with van der Waals surface area (Å²) in [7, 11) is 0. The predicted molar refractivity (Wildman–Crippen MR) is 84.8 cm³/mol. The minimum atomic E-state index is 0.729. The van der Waals surface area contributed by atoms with Crippen molar-refractivity contribution in [3.63, 3.8) is 0 Å². The van der Waals surface area contributed by atoms with Crippen molar-refractivity contribution in [2.75, 3.05) is 6.54 Å². The maximum absolute atomic E-state index is 5.50. The molecule has 0 radical (unpaired) electrons. The Bertz CT molecular complexity index is 546. The summed E-state index contributed by atoms with van der Waals surface area (Å²) in [5.41, 5.74) is 2.76. The van der Waals surface area contributed by atoms with E-state index in [0.29, 0.717) is 0 Å².